The van der Waals surface area contributed by atoms with Gasteiger partial charge in [0.05, 0.1) is 11.9 Å². The number of nitrogens with zero attached hydrogens (tertiary/aromatic N) is 2. The van der Waals surface area contributed by atoms with Crippen molar-refractivity contribution in [1.29, 1.82) is 0 Å². The average Bonchev–Trinajstić information content (AvgIpc) is 2.82. The monoisotopic (exact) mass is 286 g/mol. The molecule has 20 heavy (non-hydrogen) atoms. The second-order valence-corrected chi connectivity index (χ2v) is 4.76. The highest BCUT2D eigenvalue weighted by Gasteiger charge is 2.10. The summed E-state index contributed by atoms with van der Waals surface area (Å²) in [6, 6.07) is 10.9. The van der Waals surface area contributed by atoms with E-state index in [1.165, 1.54) is 0 Å². The van der Waals surface area contributed by atoms with Crippen LogP contribution in [-0.2, 0) is 11.2 Å². The minimum absolute atomic E-state index is 0.161. The van der Waals surface area contributed by atoms with E-state index in [9.17, 15) is 4.79 Å². The molecular formula is C14H11ClN4O. The van der Waals surface area contributed by atoms with Gasteiger partial charge in [0.1, 0.15) is 5.52 Å². The normalized spacial score (nSPS) is 10.7. The highest BCUT2D eigenvalue weighted by atomic mass is 35.5. The Labute approximate surface area is 120 Å². The number of aromatic amines is 1. The molecule has 2 N–H and O–H groups in total. The van der Waals surface area contributed by atoms with Crippen molar-refractivity contribution in [1.82, 2.24) is 15.2 Å². The Bertz CT molecular complexity index is 768. The molecule has 0 aliphatic rings. The van der Waals surface area contributed by atoms with Crippen LogP contribution < -0.4 is 5.32 Å². The zero-order valence-electron chi connectivity index (χ0n) is 10.4. The predicted molar refractivity (Wildman–Crippen MR) is 77.7 cm³/mol. The molecule has 2 aromatic heterocycles. The molecular weight excluding hydrogens is 276 g/mol. The van der Waals surface area contributed by atoms with Crippen molar-refractivity contribution in [2.75, 3.05) is 5.32 Å². The number of fused-ring (bicyclic) bond motifs is 1. The summed E-state index contributed by atoms with van der Waals surface area (Å²) in [6.07, 6.45) is 1.90. The predicted octanol–water partition coefficient (Wildman–Crippen LogP) is 2.79. The van der Waals surface area contributed by atoms with Gasteiger partial charge in [0.15, 0.2) is 5.82 Å². The molecule has 0 bridgehead atoms. The maximum Gasteiger partial charge on any atom is 0.230 e. The molecule has 0 unspecified atom stereocenters. The number of nitrogens with one attached hydrogen (secondary N) is 2. The number of amides is 1. The highest BCUT2D eigenvalue weighted by molar-refractivity contribution is 6.30. The molecule has 6 heteroatoms. The number of carbonyl (C=O) groups is 1. The number of carbonyl (C=O) groups excluding carboxylic acids is 1. The highest BCUT2D eigenvalue weighted by Crippen LogP contribution is 2.17. The molecule has 0 saturated heterocycles. The average molecular weight is 287 g/mol. The molecule has 100 valence electrons. The summed E-state index contributed by atoms with van der Waals surface area (Å²) in [5.41, 5.74) is 2.28. The molecule has 0 fully saturated rings. The quantitative estimate of drug-likeness (QED) is 0.778. The standard InChI is InChI=1S/C14H11ClN4O/c15-10-4-1-3-9(7-10)8-12(20)17-14-13-11(18-19-14)5-2-6-16-13/h1-7H,8H2,(H2,17,18,19,20). The molecule has 5 nitrogen and oxygen atoms in total. The zero-order valence-corrected chi connectivity index (χ0v) is 11.2. The van der Waals surface area contributed by atoms with Crippen LogP contribution in [0.5, 0.6) is 0 Å². The van der Waals surface area contributed by atoms with Gasteiger partial charge in [0.25, 0.3) is 0 Å². The molecule has 3 rings (SSSR count). The zero-order chi connectivity index (χ0) is 13.9. The molecule has 0 atom stereocenters. The van der Waals surface area contributed by atoms with Crippen molar-refractivity contribution in [2.24, 2.45) is 0 Å². The first-order valence-corrected chi connectivity index (χ1v) is 6.43. The molecule has 0 aliphatic carbocycles. The number of benzene rings is 1. The fourth-order valence-electron chi connectivity index (χ4n) is 1.95. The Morgan fingerprint density at radius 3 is 3.05 bits per heavy atom. The van der Waals surface area contributed by atoms with Crippen molar-refractivity contribution in [3.63, 3.8) is 0 Å². The Hall–Kier alpha value is -2.40. The number of pyridine rings is 1. The summed E-state index contributed by atoms with van der Waals surface area (Å²) in [4.78, 5) is 16.2. The molecule has 0 radical (unpaired) electrons. The Kier molecular flexibility index (Phi) is 3.35. The summed E-state index contributed by atoms with van der Waals surface area (Å²) < 4.78 is 0. The van der Waals surface area contributed by atoms with Crippen LogP contribution in [0.2, 0.25) is 5.02 Å². The van der Waals surface area contributed by atoms with Crippen molar-refractivity contribution in [3.05, 3.63) is 53.2 Å². The van der Waals surface area contributed by atoms with Crippen LogP contribution in [0.1, 0.15) is 5.56 Å². The lowest BCUT2D eigenvalue weighted by molar-refractivity contribution is -0.115. The fourth-order valence-corrected chi connectivity index (χ4v) is 2.16. The summed E-state index contributed by atoms with van der Waals surface area (Å²) in [5, 5.41) is 10.2. The summed E-state index contributed by atoms with van der Waals surface area (Å²) in [5.74, 6) is 0.277. The number of anilines is 1. The Morgan fingerprint density at radius 1 is 1.30 bits per heavy atom. The smallest absolute Gasteiger partial charge is 0.230 e. The van der Waals surface area contributed by atoms with E-state index in [2.05, 4.69) is 20.5 Å². The van der Waals surface area contributed by atoms with Gasteiger partial charge in [-0.2, -0.15) is 5.10 Å². The van der Waals surface area contributed by atoms with E-state index in [0.29, 0.717) is 16.4 Å². The van der Waals surface area contributed by atoms with Crippen LogP contribution in [-0.4, -0.2) is 21.1 Å². The lowest BCUT2D eigenvalue weighted by atomic mass is 10.1. The summed E-state index contributed by atoms with van der Waals surface area (Å²) in [7, 11) is 0. The van der Waals surface area contributed by atoms with Gasteiger partial charge >= 0.3 is 0 Å². The maximum atomic E-state index is 12.0. The van der Waals surface area contributed by atoms with Gasteiger partial charge in [-0.05, 0) is 29.8 Å². The van der Waals surface area contributed by atoms with Gasteiger partial charge in [-0.3, -0.25) is 14.9 Å². The van der Waals surface area contributed by atoms with Crippen LogP contribution >= 0.6 is 11.6 Å². The van der Waals surface area contributed by atoms with Crippen LogP contribution in [0.25, 0.3) is 11.0 Å². The van der Waals surface area contributed by atoms with E-state index >= 15 is 0 Å². The second-order valence-electron chi connectivity index (χ2n) is 4.33. The first kappa shape index (κ1) is 12.6. The largest absolute Gasteiger partial charge is 0.307 e. The van der Waals surface area contributed by atoms with Gasteiger partial charge in [-0.25, -0.2) is 0 Å². The number of rotatable bonds is 3. The van der Waals surface area contributed by atoms with E-state index in [4.69, 9.17) is 11.6 Å². The molecule has 3 aromatic rings. The fraction of sp³-hybridized carbons (Fsp3) is 0.0714. The molecule has 0 saturated carbocycles. The maximum absolute atomic E-state index is 12.0. The minimum Gasteiger partial charge on any atom is -0.307 e. The Balaban J connectivity index is 1.76. The van der Waals surface area contributed by atoms with E-state index in [1.54, 1.807) is 24.4 Å². The third-order valence-corrected chi connectivity index (χ3v) is 3.07. The lowest BCUT2D eigenvalue weighted by Gasteiger charge is -2.03. The molecule has 2 heterocycles. The van der Waals surface area contributed by atoms with Gasteiger partial charge < -0.3 is 5.32 Å². The van der Waals surface area contributed by atoms with E-state index < -0.39 is 0 Å². The number of aromatic nitrogens is 3. The van der Waals surface area contributed by atoms with Crippen LogP contribution in [0, 0.1) is 0 Å². The molecule has 1 aromatic carbocycles. The first-order chi connectivity index (χ1) is 9.72. The molecule has 0 spiro atoms. The van der Waals surface area contributed by atoms with Crippen molar-refractivity contribution >= 4 is 34.4 Å². The topological polar surface area (TPSA) is 70.7 Å². The van der Waals surface area contributed by atoms with Gasteiger partial charge in [0, 0.05) is 11.2 Å². The number of hydrogen-bond acceptors (Lipinski definition) is 3. The van der Waals surface area contributed by atoms with E-state index in [-0.39, 0.29) is 12.3 Å². The Morgan fingerprint density at radius 2 is 2.20 bits per heavy atom. The number of hydrogen-bond donors (Lipinski definition) is 2. The summed E-state index contributed by atoms with van der Waals surface area (Å²) >= 11 is 5.89. The molecule has 1 amide bonds. The minimum atomic E-state index is -0.161. The first-order valence-electron chi connectivity index (χ1n) is 6.06. The number of halogens is 1. The lowest BCUT2D eigenvalue weighted by Crippen LogP contribution is -2.15. The van der Waals surface area contributed by atoms with Crippen LogP contribution in [0.3, 0.4) is 0 Å². The van der Waals surface area contributed by atoms with Crippen molar-refractivity contribution < 1.29 is 4.79 Å². The van der Waals surface area contributed by atoms with Gasteiger partial charge in [0.2, 0.25) is 5.91 Å². The van der Waals surface area contributed by atoms with Crippen molar-refractivity contribution in [3.8, 4) is 0 Å². The SMILES string of the molecule is O=C(Cc1cccc(Cl)c1)Nc1n[nH]c2cccnc12. The number of H-pyrrole nitrogens is 1. The third kappa shape index (κ3) is 2.62. The third-order valence-electron chi connectivity index (χ3n) is 2.83. The van der Waals surface area contributed by atoms with Gasteiger partial charge in [-0.15, -0.1) is 0 Å². The van der Waals surface area contributed by atoms with E-state index in [0.717, 1.165) is 11.1 Å². The van der Waals surface area contributed by atoms with Crippen LogP contribution in [0.15, 0.2) is 42.6 Å². The molecule has 0 aliphatic heterocycles. The van der Waals surface area contributed by atoms with Gasteiger partial charge in [-0.1, -0.05) is 23.7 Å². The van der Waals surface area contributed by atoms with E-state index in [1.807, 2.05) is 18.2 Å². The van der Waals surface area contributed by atoms with Crippen LogP contribution in [0.4, 0.5) is 5.82 Å². The second kappa shape index (κ2) is 5.30. The summed E-state index contributed by atoms with van der Waals surface area (Å²) in [6.45, 7) is 0. The van der Waals surface area contributed by atoms with Crippen molar-refractivity contribution in [2.45, 2.75) is 6.42 Å².